The lowest BCUT2D eigenvalue weighted by atomic mass is 10.1. The van der Waals surface area contributed by atoms with Gasteiger partial charge in [-0.1, -0.05) is 11.6 Å². The second-order valence-corrected chi connectivity index (χ2v) is 6.38. The fourth-order valence-corrected chi connectivity index (χ4v) is 3.14. The van der Waals surface area contributed by atoms with Crippen molar-refractivity contribution in [2.45, 2.75) is 30.5 Å². The summed E-state index contributed by atoms with van der Waals surface area (Å²) in [5.41, 5.74) is 0.527. The lowest BCUT2D eigenvalue weighted by Crippen LogP contribution is -2.20. The summed E-state index contributed by atoms with van der Waals surface area (Å²) < 4.78 is 68.8. The highest BCUT2D eigenvalue weighted by Crippen LogP contribution is 2.38. The van der Waals surface area contributed by atoms with E-state index in [-0.39, 0.29) is 11.1 Å². The first-order valence-corrected chi connectivity index (χ1v) is 7.32. The van der Waals surface area contributed by atoms with Crippen LogP contribution in [0.4, 0.5) is 13.2 Å². The van der Waals surface area contributed by atoms with Crippen molar-refractivity contribution in [3.8, 4) is 5.75 Å². The second kappa shape index (κ2) is 5.09. The van der Waals surface area contributed by atoms with E-state index in [1.165, 1.54) is 6.07 Å². The molecule has 112 valence electrons. The molecule has 1 aliphatic heterocycles. The van der Waals surface area contributed by atoms with Gasteiger partial charge in [0.1, 0.15) is 11.9 Å². The molecular formula is C11H10ClF3O4S. The summed E-state index contributed by atoms with van der Waals surface area (Å²) in [5, 5.41) is 0.0287. The molecule has 2 rings (SSSR count). The van der Waals surface area contributed by atoms with Crippen LogP contribution in [0.5, 0.6) is 5.75 Å². The topological polar surface area (TPSA) is 52.6 Å². The molecule has 1 aliphatic rings. The SMILES string of the molecule is CC1Cc2cc(S(=O)(=O)OCC(F)(F)F)cc(Cl)c2O1. The minimum absolute atomic E-state index is 0.0287. The van der Waals surface area contributed by atoms with Gasteiger partial charge in [0.05, 0.1) is 9.92 Å². The molecule has 0 spiro atoms. The largest absolute Gasteiger partial charge is 0.489 e. The maximum Gasteiger partial charge on any atom is 0.413 e. The van der Waals surface area contributed by atoms with Crippen molar-refractivity contribution in [2.75, 3.05) is 6.61 Å². The van der Waals surface area contributed by atoms with E-state index in [2.05, 4.69) is 4.18 Å². The molecule has 0 fully saturated rings. The summed E-state index contributed by atoms with van der Waals surface area (Å²) in [7, 11) is -4.52. The van der Waals surface area contributed by atoms with Crippen LogP contribution in [0.1, 0.15) is 12.5 Å². The van der Waals surface area contributed by atoms with Gasteiger partial charge in [-0.3, -0.25) is 4.18 Å². The third-order valence-corrected chi connectivity index (χ3v) is 4.11. The quantitative estimate of drug-likeness (QED) is 0.800. The minimum Gasteiger partial charge on any atom is -0.489 e. The average molecular weight is 331 g/mol. The predicted octanol–water partition coefficient (Wildman–Crippen LogP) is 2.93. The van der Waals surface area contributed by atoms with Crippen LogP contribution in [0, 0.1) is 0 Å². The summed E-state index contributed by atoms with van der Waals surface area (Å²) in [6.45, 7) is -0.110. The molecule has 0 N–H and O–H groups in total. The number of alkyl halides is 3. The van der Waals surface area contributed by atoms with Crippen molar-refractivity contribution >= 4 is 21.7 Å². The van der Waals surface area contributed by atoms with Gasteiger partial charge in [0.25, 0.3) is 10.1 Å². The third kappa shape index (κ3) is 3.36. The van der Waals surface area contributed by atoms with Crippen molar-refractivity contribution in [3.63, 3.8) is 0 Å². The van der Waals surface area contributed by atoms with Gasteiger partial charge in [0.2, 0.25) is 0 Å². The van der Waals surface area contributed by atoms with Crippen molar-refractivity contribution in [1.82, 2.24) is 0 Å². The molecule has 0 saturated carbocycles. The van der Waals surface area contributed by atoms with Crippen molar-refractivity contribution in [1.29, 1.82) is 0 Å². The number of ether oxygens (including phenoxy) is 1. The highest BCUT2D eigenvalue weighted by molar-refractivity contribution is 7.86. The highest BCUT2D eigenvalue weighted by atomic mass is 35.5. The number of rotatable bonds is 3. The normalized spacial score (nSPS) is 18.8. The van der Waals surface area contributed by atoms with Crippen LogP contribution in [0.15, 0.2) is 17.0 Å². The van der Waals surface area contributed by atoms with E-state index >= 15 is 0 Å². The molecule has 1 unspecified atom stereocenters. The second-order valence-electron chi connectivity index (χ2n) is 4.36. The van der Waals surface area contributed by atoms with Gasteiger partial charge < -0.3 is 4.74 Å². The van der Waals surface area contributed by atoms with Gasteiger partial charge in [0, 0.05) is 12.0 Å². The molecule has 0 amide bonds. The van der Waals surface area contributed by atoms with E-state index in [1.54, 1.807) is 6.92 Å². The zero-order valence-corrected chi connectivity index (χ0v) is 11.8. The number of benzene rings is 1. The molecule has 4 nitrogen and oxygen atoms in total. The standard InChI is InChI=1S/C11H10ClF3O4S/c1-6-2-7-3-8(4-9(12)10(7)19-6)20(16,17)18-5-11(13,14)15/h3-4,6H,2,5H2,1H3. The van der Waals surface area contributed by atoms with Crippen LogP contribution in [-0.2, 0) is 20.7 Å². The zero-order chi connectivity index (χ0) is 15.1. The van der Waals surface area contributed by atoms with Crippen LogP contribution in [0.3, 0.4) is 0 Å². The molecular weight excluding hydrogens is 321 g/mol. The Labute approximate surface area is 118 Å². The molecule has 0 bridgehead atoms. The Morgan fingerprint density at radius 2 is 2.10 bits per heavy atom. The maximum atomic E-state index is 12.0. The maximum absolute atomic E-state index is 12.0. The average Bonchev–Trinajstić information content (AvgIpc) is 2.67. The number of halogens is 4. The van der Waals surface area contributed by atoms with Crippen LogP contribution in [0.2, 0.25) is 5.02 Å². The monoisotopic (exact) mass is 330 g/mol. The molecule has 1 atom stereocenters. The Bertz CT molecular complexity index is 627. The van der Waals surface area contributed by atoms with Gasteiger partial charge >= 0.3 is 6.18 Å². The predicted molar refractivity (Wildman–Crippen MR) is 64.4 cm³/mol. The van der Waals surface area contributed by atoms with Gasteiger partial charge in [-0.15, -0.1) is 0 Å². The lowest BCUT2D eigenvalue weighted by Gasteiger charge is -2.10. The molecule has 0 aromatic heterocycles. The fourth-order valence-electron chi connectivity index (χ4n) is 1.82. The van der Waals surface area contributed by atoms with Crippen molar-refractivity contribution < 1.29 is 30.5 Å². The Hall–Kier alpha value is -0.990. The van der Waals surface area contributed by atoms with E-state index in [4.69, 9.17) is 16.3 Å². The van der Waals surface area contributed by atoms with Crippen LogP contribution in [-0.4, -0.2) is 27.3 Å². The van der Waals surface area contributed by atoms with Gasteiger partial charge in [-0.25, -0.2) is 0 Å². The number of hydrogen-bond donors (Lipinski definition) is 0. The van der Waals surface area contributed by atoms with Crippen LogP contribution < -0.4 is 4.74 Å². The molecule has 0 saturated heterocycles. The molecule has 20 heavy (non-hydrogen) atoms. The van der Waals surface area contributed by atoms with Gasteiger partial charge in [-0.05, 0) is 19.1 Å². The summed E-state index contributed by atoms with van der Waals surface area (Å²) >= 11 is 5.87. The third-order valence-electron chi connectivity index (χ3n) is 2.59. The van der Waals surface area contributed by atoms with Crippen molar-refractivity contribution in [2.24, 2.45) is 0 Å². The minimum atomic E-state index is -4.73. The Kier molecular flexibility index (Phi) is 3.92. The Balaban J connectivity index is 2.30. The summed E-state index contributed by atoms with van der Waals surface area (Å²) in [6.07, 6.45) is -4.47. The number of fused-ring (bicyclic) bond motifs is 1. The van der Waals surface area contributed by atoms with E-state index in [0.29, 0.717) is 17.7 Å². The van der Waals surface area contributed by atoms with Gasteiger partial charge in [-0.2, -0.15) is 21.6 Å². The highest BCUT2D eigenvalue weighted by Gasteiger charge is 2.33. The molecule has 1 heterocycles. The molecule has 9 heteroatoms. The first-order chi connectivity index (χ1) is 9.08. The van der Waals surface area contributed by atoms with Gasteiger partial charge in [0.15, 0.2) is 6.61 Å². The molecule has 0 radical (unpaired) electrons. The van der Waals surface area contributed by atoms with E-state index in [1.807, 2.05) is 0 Å². The van der Waals surface area contributed by atoms with E-state index < -0.39 is 27.8 Å². The van der Waals surface area contributed by atoms with E-state index in [9.17, 15) is 21.6 Å². The summed E-state index contributed by atoms with van der Waals surface area (Å²) in [4.78, 5) is -0.414. The van der Waals surface area contributed by atoms with Crippen LogP contribution in [0.25, 0.3) is 0 Å². The first kappa shape index (κ1) is 15.4. The Morgan fingerprint density at radius 1 is 1.45 bits per heavy atom. The zero-order valence-electron chi connectivity index (χ0n) is 10.2. The first-order valence-electron chi connectivity index (χ1n) is 5.54. The van der Waals surface area contributed by atoms with Crippen LogP contribution >= 0.6 is 11.6 Å². The molecule has 1 aromatic carbocycles. The summed E-state index contributed by atoms with van der Waals surface area (Å²) in [5.74, 6) is 0.355. The Morgan fingerprint density at radius 3 is 2.70 bits per heavy atom. The van der Waals surface area contributed by atoms with Crippen molar-refractivity contribution in [3.05, 3.63) is 22.7 Å². The lowest BCUT2D eigenvalue weighted by molar-refractivity contribution is -0.152. The smallest absolute Gasteiger partial charge is 0.413 e. The number of hydrogen-bond acceptors (Lipinski definition) is 4. The summed E-state index contributed by atoms with van der Waals surface area (Å²) in [6, 6.07) is 2.24. The fraction of sp³-hybridized carbons (Fsp3) is 0.455. The van der Waals surface area contributed by atoms with E-state index in [0.717, 1.165) is 6.07 Å². The molecule has 0 aliphatic carbocycles. The molecule has 1 aromatic rings.